The van der Waals surface area contributed by atoms with Crippen molar-refractivity contribution in [2.24, 2.45) is 5.92 Å². The molecule has 4 rings (SSSR count). The summed E-state index contributed by atoms with van der Waals surface area (Å²) < 4.78 is 16.9. The molecule has 1 aliphatic heterocycles. The van der Waals surface area contributed by atoms with Gasteiger partial charge in [0.05, 0.1) is 13.2 Å². The minimum Gasteiger partial charge on any atom is -0.496 e. The number of hydrogen-bond donors (Lipinski definition) is 2. The Kier molecular flexibility index (Phi) is 5.15. The largest absolute Gasteiger partial charge is 0.496 e. The third-order valence-electron chi connectivity index (χ3n) is 5.31. The number of aryl methyl sites for hydroxylation is 2. The van der Waals surface area contributed by atoms with Gasteiger partial charge in [-0.25, -0.2) is 0 Å². The smallest absolute Gasteiger partial charge is 0.243 e. The number of hydrogen-bond acceptors (Lipinski definition) is 6. The van der Waals surface area contributed by atoms with Crippen molar-refractivity contribution >= 4 is 5.90 Å². The quantitative estimate of drug-likeness (QED) is 0.664. The molecule has 0 fully saturated rings. The van der Waals surface area contributed by atoms with Gasteiger partial charge in [0.2, 0.25) is 11.8 Å². The maximum Gasteiger partial charge on any atom is 0.243 e. The van der Waals surface area contributed by atoms with E-state index in [4.69, 9.17) is 19.6 Å². The first-order chi connectivity index (χ1) is 14.5. The molecule has 0 radical (unpaired) electrons. The van der Waals surface area contributed by atoms with Crippen molar-refractivity contribution in [2.75, 3.05) is 7.11 Å². The van der Waals surface area contributed by atoms with Crippen LogP contribution in [0.1, 0.15) is 33.9 Å². The number of fused-ring (bicyclic) bond motifs is 1. The third kappa shape index (κ3) is 3.48. The molecule has 0 amide bonds. The summed E-state index contributed by atoms with van der Waals surface area (Å²) in [6, 6.07) is 15.8. The van der Waals surface area contributed by atoms with Gasteiger partial charge in [-0.1, -0.05) is 23.8 Å². The van der Waals surface area contributed by atoms with E-state index in [2.05, 4.69) is 16.3 Å². The van der Waals surface area contributed by atoms with Gasteiger partial charge >= 0.3 is 0 Å². The Morgan fingerprint density at radius 2 is 1.97 bits per heavy atom. The number of rotatable bonds is 5. The highest BCUT2D eigenvalue weighted by atomic mass is 16.5. The van der Waals surface area contributed by atoms with Gasteiger partial charge < -0.3 is 14.2 Å². The van der Waals surface area contributed by atoms with Crippen molar-refractivity contribution in [3.8, 4) is 23.4 Å². The molecule has 2 aromatic carbocycles. The summed E-state index contributed by atoms with van der Waals surface area (Å²) in [5.74, 6) is 0.605. The van der Waals surface area contributed by atoms with Gasteiger partial charge in [-0.15, -0.1) is 5.10 Å². The lowest BCUT2D eigenvalue weighted by Crippen LogP contribution is -2.31. The number of aromatic amines is 1. The molecule has 2 atom stereocenters. The highest BCUT2D eigenvalue weighted by molar-refractivity contribution is 5.84. The Balaban J connectivity index is 1.71. The van der Waals surface area contributed by atoms with Crippen LogP contribution in [0.25, 0.3) is 0 Å². The highest BCUT2D eigenvalue weighted by Gasteiger charge is 2.40. The second kappa shape index (κ2) is 7.91. The molecule has 7 nitrogen and oxygen atoms in total. The molecule has 2 heterocycles. The topological polar surface area (TPSA) is 104 Å². The average molecular weight is 402 g/mol. The van der Waals surface area contributed by atoms with E-state index < -0.39 is 5.92 Å². The van der Waals surface area contributed by atoms with Crippen LogP contribution in [-0.4, -0.2) is 23.2 Å². The lowest BCUT2D eigenvalue weighted by molar-refractivity contribution is 0.296. The van der Waals surface area contributed by atoms with Gasteiger partial charge in [0.1, 0.15) is 24.0 Å². The average Bonchev–Trinajstić information content (AvgIpc) is 3.12. The standard InChI is InChI=1S/C23H22N4O3/c1-13-4-7-17(8-5-13)29-12-16-10-15(6-9-19(16)28-3)21-18(11-24)22(25)30-23-20(21)14(2)26-27-23/h4-10,18,21,25H,12H2,1-3H3,(H,26,27). The van der Waals surface area contributed by atoms with Gasteiger partial charge in [-0.05, 0) is 43.7 Å². The molecule has 152 valence electrons. The predicted octanol–water partition coefficient (Wildman–Crippen LogP) is 4.26. The predicted molar refractivity (Wildman–Crippen MR) is 111 cm³/mol. The van der Waals surface area contributed by atoms with Crippen LogP contribution in [0.2, 0.25) is 0 Å². The van der Waals surface area contributed by atoms with E-state index in [1.165, 1.54) is 0 Å². The highest BCUT2D eigenvalue weighted by Crippen LogP contribution is 2.43. The second-order valence-corrected chi connectivity index (χ2v) is 7.29. The lowest BCUT2D eigenvalue weighted by Gasteiger charge is -2.28. The van der Waals surface area contributed by atoms with Gasteiger partial charge in [0.15, 0.2) is 0 Å². The number of ether oxygens (including phenoxy) is 3. The normalized spacial score (nSPS) is 17.6. The number of benzene rings is 2. The molecule has 3 aromatic rings. The Labute approximate surface area is 174 Å². The summed E-state index contributed by atoms with van der Waals surface area (Å²) >= 11 is 0. The molecule has 7 heteroatoms. The summed E-state index contributed by atoms with van der Waals surface area (Å²) in [6.07, 6.45) is 0. The zero-order valence-corrected chi connectivity index (χ0v) is 17.0. The summed E-state index contributed by atoms with van der Waals surface area (Å²) in [6.45, 7) is 4.23. The Hall–Kier alpha value is -3.79. The van der Waals surface area contributed by atoms with Crippen molar-refractivity contribution < 1.29 is 14.2 Å². The fourth-order valence-corrected chi connectivity index (χ4v) is 3.74. The number of H-pyrrole nitrogens is 1. The Morgan fingerprint density at radius 3 is 2.67 bits per heavy atom. The number of nitrogens with zero attached hydrogens (tertiary/aromatic N) is 2. The molecule has 1 aromatic heterocycles. The second-order valence-electron chi connectivity index (χ2n) is 7.29. The molecule has 1 aliphatic rings. The van der Waals surface area contributed by atoms with Crippen molar-refractivity contribution in [3.63, 3.8) is 0 Å². The molecule has 2 N–H and O–H groups in total. The van der Waals surface area contributed by atoms with Gasteiger partial charge in [0.25, 0.3) is 0 Å². The SMILES string of the molecule is COc1ccc(C2c3c(n[nH]c3C)OC(=N)C2C#N)cc1COc1ccc(C)cc1. The fraction of sp³-hybridized carbons (Fsp3) is 0.261. The van der Waals surface area contributed by atoms with E-state index in [1.807, 2.05) is 56.3 Å². The molecule has 0 spiro atoms. The van der Waals surface area contributed by atoms with Crippen LogP contribution in [0, 0.1) is 36.5 Å². The first kappa shape index (κ1) is 19.5. The molecular weight excluding hydrogens is 380 g/mol. The van der Waals surface area contributed by atoms with E-state index >= 15 is 0 Å². The van der Waals surface area contributed by atoms with Crippen LogP contribution in [0.3, 0.4) is 0 Å². The summed E-state index contributed by atoms with van der Waals surface area (Å²) in [4.78, 5) is 0. The molecule has 30 heavy (non-hydrogen) atoms. The fourth-order valence-electron chi connectivity index (χ4n) is 3.74. The first-order valence-electron chi connectivity index (χ1n) is 9.59. The lowest BCUT2D eigenvalue weighted by atomic mass is 9.79. The van der Waals surface area contributed by atoms with E-state index in [0.29, 0.717) is 18.2 Å². The first-order valence-corrected chi connectivity index (χ1v) is 9.59. The van der Waals surface area contributed by atoms with E-state index in [0.717, 1.165) is 33.7 Å². The minimum atomic E-state index is -0.743. The molecule has 0 saturated heterocycles. The molecule has 0 saturated carbocycles. The minimum absolute atomic E-state index is 0.102. The third-order valence-corrected chi connectivity index (χ3v) is 5.31. The Morgan fingerprint density at radius 1 is 1.20 bits per heavy atom. The molecule has 0 bridgehead atoms. The monoisotopic (exact) mass is 402 g/mol. The van der Waals surface area contributed by atoms with Crippen molar-refractivity contribution in [2.45, 2.75) is 26.4 Å². The van der Waals surface area contributed by atoms with Crippen LogP contribution in [0.15, 0.2) is 42.5 Å². The van der Waals surface area contributed by atoms with Crippen LogP contribution < -0.4 is 14.2 Å². The maximum absolute atomic E-state index is 9.74. The van der Waals surface area contributed by atoms with Crippen molar-refractivity contribution in [1.29, 1.82) is 10.7 Å². The van der Waals surface area contributed by atoms with Gasteiger partial charge in [-0.3, -0.25) is 10.5 Å². The van der Waals surface area contributed by atoms with E-state index in [-0.39, 0.29) is 11.8 Å². The molecule has 2 unspecified atom stereocenters. The van der Waals surface area contributed by atoms with Gasteiger partial charge in [-0.2, -0.15) is 5.26 Å². The number of nitrogens with one attached hydrogen (secondary N) is 2. The number of aromatic nitrogens is 2. The van der Waals surface area contributed by atoms with Crippen molar-refractivity contribution in [1.82, 2.24) is 10.2 Å². The number of nitriles is 1. The summed E-state index contributed by atoms with van der Waals surface area (Å²) in [7, 11) is 1.62. The van der Waals surface area contributed by atoms with E-state index in [9.17, 15) is 5.26 Å². The zero-order chi connectivity index (χ0) is 21.3. The summed E-state index contributed by atoms with van der Waals surface area (Å²) in [5, 5.41) is 24.9. The Bertz CT molecular complexity index is 1130. The van der Waals surface area contributed by atoms with Crippen molar-refractivity contribution in [3.05, 3.63) is 70.4 Å². The van der Waals surface area contributed by atoms with Crippen LogP contribution >= 0.6 is 0 Å². The number of methoxy groups -OCH3 is 1. The van der Waals surface area contributed by atoms with Crippen LogP contribution in [-0.2, 0) is 6.61 Å². The molecular formula is C23H22N4O3. The maximum atomic E-state index is 9.74. The summed E-state index contributed by atoms with van der Waals surface area (Å²) in [5.41, 5.74) is 4.51. The van der Waals surface area contributed by atoms with E-state index in [1.54, 1.807) is 7.11 Å². The van der Waals surface area contributed by atoms with Crippen LogP contribution in [0.5, 0.6) is 17.4 Å². The van der Waals surface area contributed by atoms with Gasteiger partial charge in [0, 0.05) is 22.7 Å². The van der Waals surface area contributed by atoms with Crippen LogP contribution in [0.4, 0.5) is 0 Å². The zero-order valence-electron chi connectivity index (χ0n) is 17.0. The molecule has 0 aliphatic carbocycles.